The molecule has 0 amide bonds. The van der Waals surface area contributed by atoms with E-state index in [0.717, 1.165) is 0 Å². The van der Waals surface area contributed by atoms with Gasteiger partial charge in [0, 0.05) is 0 Å². The summed E-state index contributed by atoms with van der Waals surface area (Å²) in [5, 5.41) is 0. The predicted octanol–water partition coefficient (Wildman–Crippen LogP) is 1.76. The van der Waals surface area contributed by atoms with Crippen molar-refractivity contribution in [1.29, 1.82) is 0 Å². The predicted molar refractivity (Wildman–Crippen MR) is 70.3 cm³/mol. The molecule has 2 aliphatic heterocycles. The summed E-state index contributed by atoms with van der Waals surface area (Å²) in [6.45, 7) is 4.49. The number of hydrogen-bond donors (Lipinski definition) is 0. The van der Waals surface area contributed by atoms with Gasteiger partial charge in [-0.3, -0.25) is 0 Å². The molecule has 0 spiro atoms. The van der Waals surface area contributed by atoms with Crippen LogP contribution in [0, 0.1) is 0 Å². The molecule has 2 saturated heterocycles. The summed E-state index contributed by atoms with van der Waals surface area (Å²) in [4.78, 5) is 12.1. The summed E-state index contributed by atoms with van der Waals surface area (Å²) in [7, 11) is 0. The van der Waals surface area contributed by atoms with Gasteiger partial charge in [-0.05, 0) is 26.0 Å². The molecular formula is C15H18O5. The van der Waals surface area contributed by atoms with E-state index >= 15 is 0 Å². The lowest BCUT2D eigenvalue weighted by Crippen LogP contribution is -2.50. The second-order valence-electron chi connectivity index (χ2n) is 5.47. The standard InChI is InChI=1S/C15H18O5/c1-15(2)18-9-11-13(20-15)12(8-17-11)19-14(16)10-6-4-3-5-7-10/h3-7,11-13H,8-9H2,1-2H3/t11-,12+,13+/m0/s1. The van der Waals surface area contributed by atoms with Crippen molar-refractivity contribution in [2.24, 2.45) is 0 Å². The van der Waals surface area contributed by atoms with Crippen LogP contribution in [-0.2, 0) is 18.9 Å². The number of carbonyl (C=O) groups is 1. The Bertz CT molecular complexity index is 484. The number of ether oxygens (including phenoxy) is 4. The number of rotatable bonds is 2. The van der Waals surface area contributed by atoms with E-state index in [2.05, 4.69) is 0 Å². The van der Waals surface area contributed by atoms with E-state index in [9.17, 15) is 4.79 Å². The van der Waals surface area contributed by atoms with Gasteiger partial charge in [0.05, 0.1) is 18.8 Å². The molecular weight excluding hydrogens is 260 g/mol. The van der Waals surface area contributed by atoms with Crippen LogP contribution in [0.3, 0.4) is 0 Å². The molecule has 3 rings (SSSR count). The Labute approximate surface area is 117 Å². The van der Waals surface area contributed by atoms with Crippen molar-refractivity contribution < 1.29 is 23.7 Å². The minimum atomic E-state index is -0.674. The Morgan fingerprint density at radius 1 is 1.25 bits per heavy atom. The van der Waals surface area contributed by atoms with Crippen LogP contribution in [0.25, 0.3) is 0 Å². The molecule has 0 aromatic heterocycles. The molecule has 2 aliphatic rings. The Morgan fingerprint density at radius 2 is 2.00 bits per heavy atom. The zero-order valence-corrected chi connectivity index (χ0v) is 11.6. The van der Waals surface area contributed by atoms with Gasteiger partial charge in [0.25, 0.3) is 0 Å². The van der Waals surface area contributed by atoms with Gasteiger partial charge in [-0.1, -0.05) is 18.2 Å². The second-order valence-corrected chi connectivity index (χ2v) is 5.47. The van der Waals surface area contributed by atoms with Gasteiger partial charge in [-0.2, -0.15) is 0 Å². The average molecular weight is 278 g/mol. The monoisotopic (exact) mass is 278 g/mol. The molecule has 0 aliphatic carbocycles. The molecule has 0 unspecified atom stereocenters. The third-order valence-corrected chi connectivity index (χ3v) is 3.49. The van der Waals surface area contributed by atoms with Crippen LogP contribution in [-0.4, -0.2) is 43.3 Å². The summed E-state index contributed by atoms with van der Waals surface area (Å²) >= 11 is 0. The van der Waals surface area contributed by atoms with E-state index in [1.54, 1.807) is 24.3 Å². The summed E-state index contributed by atoms with van der Waals surface area (Å²) in [6, 6.07) is 8.92. The van der Waals surface area contributed by atoms with Crippen molar-refractivity contribution in [2.75, 3.05) is 13.2 Å². The Balaban J connectivity index is 1.67. The first-order chi connectivity index (χ1) is 9.55. The zero-order valence-electron chi connectivity index (χ0n) is 11.6. The molecule has 5 heteroatoms. The minimum absolute atomic E-state index is 0.170. The van der Waals surface area contributed by atoms with E-state index in [4.69, 9.17) is 18.9 Å². The zero-order chi connectivity index (χ0) is 14.2. The highest BCUT2D eigenvalue weighted by molar-refractivity contribution is 5.89. The van der Waals surface area contributed by atoms with Crippen molar-refractivity contribution in [3.8, 4) is 0 Å². The van der Waals surface area contributed by atoms with Crippen LogP contribution in [0.4, 0.5) is 0 Å². The number of esters is 1. The Morgan fingerprint density at radius 3 is 2.75 bits per heavy atom. The van der Waals surface area contributed by atoms with Crippen LogP contribution in [0.5, 0.6) is 0 Å². The first kappa shape index (κ1) is 13.5. The normalized spacial score (nSPS) is 31.6. The molecule has 2 heterocycles. The van der Waals surface area contributed by atoms with E-state index in [-0.39, 0.29) is 18.2 Å². The number of hydrogen-bond acceptors (Lipinski definition) is 5. The molecule has 2 fully saturated rings. The molecule has 0 radical (unpaired) electrons. The second kappa shape index (κ2) is 5.16. The quantitative estimate of drug-likeness (QED) is 0.772. The van der Waals surface area contributed by atoms with Crippen molar-refractivity contribution in [3.05, 3.63) is 35.9 Å². The Hall–Kier alpha value is -1.43. The van der Waals surface area contributed by atoms with Gasteiger partial charge in [-0.25, -0.2) is 4.79 Å². The van der Waals surface area contributed by atoms with Crippen molar-refractivity contribution in [3.63, 3.8) is 0 Å². The number of fused-ring (bicyclic) bond motifs is 1. The average Bonchev–Trinajstić information content (AvgIpc) is 2.81. The molecule has 1 aromatic carbocycles. The van der Waals surface area contributed by atoms with Crippen molar-refractivity contribution >= 4 is 5.97 Å². The highest BCUT2D eigenvalue weighted by Crippen LogP contribution is 2.31. The van der Waals surface area contributed by atoms with Crippen LogP contribution < -0.4 is 0 Å². The summed E-state index contributed by atoms with van der Waals surface area (Å²) < 4.78 is 22.4. The van der Waals surface area contributed by atoms with Crippen LogP contribution >= 0.6 is 0 Å². The van der Waals surface area contributed by atoms with Crippen molar-refractivity contribution in [2.45, 2.75) is 37.9 Å². The van der Waals surface area contributed by atoms with Gasteiger partial charge >= 0.3 is 5.97 Å². The molecule has 0 N–H and O–H groups in total. The summed E-state index contributed by atoms with van der Waals surface area (Å²) in [5.41, 5.74) is 0.530. The number of carbonyl (C=O) groups excluding carboxylic acids is 1. The molecule has 5 nitrogen and oxygen atoms in total. The van der Waals surface area contributed by atoms with Gasteiger partial charge in [-0.15, -0.1) is 0 Å². The van der Waals surface area contributed by atoms with E-state index in [1.807, 2.05) is 19.9 Å². The molecule has 20 heavy (non-hydrogen) atoms. The number of benzene rings is 1. The summed E-state index contributed by atoms with van der Waals surface area (Å²) in [5.74, 6) is -1.03. The minimum Gasteiger partial charge on any atom is -0.453 e. The maximum atomic E-state index is 12.1. The molecule has 1 aromatic rings. The van der Waals surface area contributed by atoms with E-state index in [1.165, 1.54) is 0 Å². The molecule has 3 atom stereocenters. The summed E-state index contributed by atoms with van der Waals surface area (Å²) in [6.07, 6.45) is -0.834. The lowest BCUT2D eigenvalue weighted by molar-refractivity contribution is -0.299. The van der Waals surface area contributed by atoms with Gasteiger partial charge in [0.2, 0.25) is 0 Å². The SMILES string of the molecule is CC1(C)OC[C@@H]2OC[C@@H](OC(=O)c3ccccc3)[C@@H]2O1. The first-order valence-corrected chi connectivity index (χ1v) is 6.74. The van der Waals surface area contributed by atoms with Crippen molar-refractivity contribution in [1.82, 2.24) is 0 Å². The van der Waals surface area contributed by atoms with Crippen LogP contribution in [0.2, 0.25) is 0 Å². The third-order valence-electron chi connectivity index (χ3n) is 3.49. The highest BCUT2D eigenvalue weighted by atomic mass is 16.7. The third kappa shape index (κ3) is 2.70. The fourth-order valence-corrected chi connectivity index (χ4v) is 2.47. The van der Waals surface area contributed by atoms with Gasteiger partial charge in [0.1, 0.15) is 12.2 Å². The Kier molecular flexibility index (Phi) is 3.50. The lowest BCUT2D eigenvalue weighted by Gasteiger charge is -2.38. The maximum absolute atomic E-state index is 12.1. The lowest BCUT2D eigenvalue weighted by atomic mass is 10.1. The van der Waals surface area contributed by atoms with Crippen LogP contribution in [0.15, 0.2) is 30.3 Å². The van der Waals surface area contributed by atoms with Gasteiger partial charge in [0.15, 0.2) is 11.9 Å². The van der Waals surface area contributed by atoms with Gasteiger partial charge < -0.3 is 18.9 Å². The van der Waals surface area contributed by atoms with Crippen LogP contribution in [0.1, 0.15) is 24.2 Å². The van der Waals surface area contributed by atoms with E-state index < -0.39 is 11.9 Å². The maximum Gasteiger partial charge on any atom is 0.338 e. The smallest absolute Gasteiger partial charge is 0.338 e. The molecule has 108 valence electrons. The fraction of sp³-hybridized carbons (Fsp3) is 0.533. The first-order valence-electron chi connectivity index (χ1n) is 6.74. The highest BCUT2D eigenvalue weighted by Gasteiger charge is 2.47. The van der Waals surface area contributed by atoms with E-state index in [0.29, 0.717) is 18.8 Å². The molecule has 0 bridgehead atoms. The molecule has 0 saturated carbocycles. The fourth-order valence-electron chi connectivity index (χ4n) is 2.47. The topological polar surface area (TPSA) is 54.0 Å². The largest absolute Gasteiger partial charge is 0.453 e.